The first-order valence-corrected chi connectivity index (χ1v) is 12.0. The van der Waals surface area contributed by atoms with Crippen molar-refractivity contribution in [2.45, 2.75) is 18.5 Å². The van der Waals surface area contributed by atoms with Crippen LogP contribution in [0.2, 0.25) is 5.02 Å². The third kappa shape index (κ3) is 5.95. The average molecular weight is 497 g/mol. The predicted octanol–water partition coefficient (Wildman–Crippen LogP) is 5.78. The van der Waals surface area contributed by atoms with Crippen LogP contribution in [0.15, 0.2) is 78.0 Å². The summed E-state index contributed by atoms with van der Waals surface area (Å²) in [6.07, 6.45) is 0.571. The van der Waals surface area contributed by atoms with Gasteiger partial charge in [0.1, 0.15) is 17.4 Å². The van der Waals surface area contributed by atoms with Crippen molar-refractivity contribution < 1.29 is 13.9 Å². The number of carbonyl (C=O) groups excluding carboxylic acids is 1. The fourth-order valence-electron chi connectivity index (χ4n) is 3.31. The summed E-state index contributed by atoms with van der Waals surface area (Å²) in [7, 11) is 0. The maximum absolute atomic E-state index is 14.0. The zero-order chi connectivity index (χ0) is 23.9. The number of carbonyl (C=O) groups is 1. The summed E-state index contributed by atoms with van der Waals surface area (Å²) < 4.78 is 21.4. The van der Waals surface area contributed by atoms with Crippen molar-refractivity contribution in [2.24, 2.45) is 0 Å². The second-order valence-corrected chi connectivity index (χ2v) is 8.66. The highest BCUT2D eigenvalue weighted by molar-refractivity contribution is 7.99. The second-order valence-electron chi connectivity index (χ2n) is 7.28. The Labute approximate surface area is 206 Å². The lowest BCUT2D eigenvalue weighted by molar-refractivity contribution is -0.113. The van der Waals surface area contributed by atoms with Crippen molar-refractivity contribution in [3.8, 4) is 11.4 Å². The molecule has 0 aliphatic carbocycles. The number of nitrogens with one attached hydrogen (secondary N) is 1. The molecule has 0 radical (unpaired) electrons. The number of rotatable bonds is 9. The van der Waals surface area contributed by atoms with Gasteiger partial charge in [-0.15, -0.1) is 10.2 Å². The van der Waals surface area contributed by atoms with Crippen LogP contribution < -0.4 is 10.1 Å². The summed E-state index contributed by atoms with van der Waals surface area (Å²) in [5.41, 5.74) is 1.98. The number of amides is 1. The third-order valence-corrected chi connectivity index (χ3v) is 6.01. The molecule has 0 saturated carbocycles. The molecule has 1 N–H and O–H groups in total. The SMILES string of the molecule is CCOc1ccc(-n2c(Cc3ccccc3)nnc2SCC(=O)Nc2cc(Cl)ccc2F)cc1. The fourth-order valence-corrected chi connectivity index (χ4v) is 4.26. The first-order chi connectivity index (χ1) is 16.5. The predicted molar refractivity (Wildman–Crippen MR) is 133 cm³/mol. The number of hydrogen-bond acceptors (Lipinski definition) is 5. The summed E-state index contributed by atoms with van der Waals surface area (Å²) >= 11 is 7.12. The van der Waals surface area contributed by atoms with Gasteiger partial charge in [0.25, 0.3) is 0 Å². The topological polar surface area (TPSA) is 69.0 Å². The number of halogens is 2. The van der Waals surface area contributed by atoms with Crippen molar-refractivity contribution in [1.29, 1.82) is 0 Å². The van der Waals surface area contributed by atoms with Crippen LogP contribution in [-0.4, -0.2) is 33.0 Å². The standard InChI is InChI=1S/C25H22ClFN4O2S/c1-2-33-20-11-9-19(10-12-20)31-23(14-17-6-4-3-5-7-17)29-30-25(31)34-16-24(32)28-22-15-18(26)8-13-21(22)27/h3-13,15H,2,14,16H2,1H3,(H,28,32). The highest BCUT2D eigenvalue weighted by Crippen LogP contribution is 2.26. The lowest BCUT2D eigenvalue weighted by Crippen LogP contribution is -2.15. The Morgan fingerprint density at radius 3 is 2.59 bits per heavy atom. The third-order valence-electron chi connectivity index (χ3n) is 4.85. The van der Waals surface area contributed by atoms with E-state index in [-0.39, 0.29) is 17.3 Å². The number of aromatic nitrogens is 3. The molecule has 1 amide bonds. The largest absolute Gasteiger partial charge is 0.494 e. The Kier molecular flexibility index (Phi) is 7.82. The van der Waals surface area contributed by atoms with Gasteiger partial charge < -0.3 is 10.1 Å². The maximum atomic E-state index is 14.0. The van der Waals surface area contributed by atoms with Crippen molar-refractivity contribution >= 4 is 35.0 Å². The summed E-state index contributed by atoms with van der Waals surface area (Å²) in [4.78, 5) is 12.5. The molecule has 4 rings (SSSR count). The second kappa shape index (κ2) is 11.2. The zero-order valence-corrected chi connectivity index (χ0v) is 19.9. The average Bonchev–Trinajstić information content (AvgIpc) is 3.24. The number of thioether (sulfide) groups is 1. The Morgan fingerprint density at radius 2 is 1.85 bits per heavy atom. The van der Waals surface area contributed by atoms with E-state index < -0.39 is 5.82 Å². The number of ether oxygens (including phenoxy) is 1. The number of hydrogen-bond donors (Lipinski definition) is 1. The Morgan fingerprint density at radius 1 is 1.09 bits per heavy atom. The van der Waals surface area contributed by atoms with Crippen LogP contribution in [0.4, 0.5) is 10.1 Å². The van der Waals surface area contributed by atoms with Crippen LogP contribution in [-0.2, 0) is 11.2 Å². The molecule has 0 atom stereocenters. The van der Waals surface area contributed by atoms with Gasteiger partial charge in [-0.25, -0.2) is 4.39 Å². The summed E-state index contributed by atoms with van der Waals surface area (Å²) in [5.74, 6) is 0.592. The van der Waals surface area contributed by atoms with Crippen molar-refractivity contribution in [1.82, 2.24) is 14.8 Å². The minimum Gasteiger partial charge on any atom is -0.494 e. The molecule has 9 heteroatoms. The van der Waals surface area contributed by atoms with Crippen molar-refractivity contribution in [2.75, 3.05) is 17.7 Å². The van der Waals surface area contributed by atoms with E-state index >= 15 is 0 Å². The van der Waals surface area contributed by atoms with Gasteiger partial charge in [0, 0.05) is 17.1 Å². The van der Waals surface area contributed by atoms with Crippen molar-refractivity contribution in [3.63, 3.8) is 0 Å². The van der Waals surface area contributed by atoms with E-state index in [0.29, 0.717) is 23.2 Å². The Bertz CT molecular complexity index is 1270. The molecule has 174 valence electrons. The number of anilines is 1. The number of nitrogens with zero attached hydrogens (tertiary/aromatic N) is 3. The van der Waals surface area contributed by atoms with Crippen LogP contribution in [0.25, 0.3) is 5.69 Å². The maximum Gasteiger partial charge on any atom is 0.234 e. The van der Waals surface area contributed by atoms with Gasteiger partial charge in [0.05, 0.1) is 18.0 Å². The van der Waals surface area contributed by atoms with Crippen LogP contribution >= 0.6 is 23.4 Å². The minimum absolute atomic E-state index is 0.0203. The highest BCUT2D eigenvalue weighted by Gasteiger charge is 2.17. The highest BCUT2D eigenvalue weighted by atomic mass is 35.5. The zero-order valence-electron chi connectivity index (χ0n) is 18.4. The normalized spacial score (nSPS) is 10.8. The van der Waals surface area contributed by atoms with E-state index in [0.717, 1.165) is 22.8 Å². The lowest BCUT2D eigenvalue weighted by Gasteiger charge is -2.12. The first kappa shape index (κ1) is 23.8. The smallest absolute Gasteiger partial charge is 0.234 e. The van der Waals surface area contributed by atoms with Crippen LogP contribution in [0.3, 0.4) is 0 Å². The molecule has 34 heavy (non-hydrogen) atoms. The molecule has 0 aliphatic heterocycles. The van der Waals surface area contributed by atoms with Crippen LogP contribution in [0.5, 0.6) is 5.75 Å². The van der Waals surface area contributed by atoms with Gasteiger partial charge in [-0.3, -0.25) is 9.36 Å². The molecule has 0 fully saturated rings. The molecule has 1 heterocycles. The van der Waals surface area contributed by atoms with Crippen LogP contribution in [0, 0.1) is 5.82 Å². The number of benzene rings is 3. The van der Waals surface area contributed by atoms with Crippen LogP contribution in [0.1, 0.15) is 18.3 Å². The molecule has 0 saturated heterocycles. The summed E-state index contributed by atoms with van der Waals surface area (Å²) in [6.45, 7) is 2.51. The Hall–Kier alpha value is -3.36. The van der Waals surface area contributed by atoms with E-state index in [4.69, 9.17) is 16.3 Å². The molecule has 3 aromatic carbocycles. The fraction of sp³-hybridized carbons (Fsp3) is 0.160. The van der Waals surface area contributed by atoms with E-state index in [9.17, 15) is 9.18 Å². The first-order valence-electron chi connectivity index (χ1n) is 10.6. The van der Waals surface area contributed by atoms with Crippen molar-refractivity contribution in [3.05, 3.63) is 95.0 Å². The summed E-state index contributed by atoms with van der Waals surface area (Å²) in [6, 6.07) is 21.6. The van der Waals surface area contributed by atoms with E-state index in [1.54, 1.807) is 0 Å². The van der Waals surface area contributed by atoms with E-state index in [1.807, 2.05) is 66.1 Å². The molecular formula is C25H22ClFN4O2S. The molecule has 0 spiro atoms. The molecule has 6 nitrogen and oxygen atoms in total. The molecule has 4 aromatic rings. The van der Waals surface area contributed by atoms with Gasteiger partial charge in [0.15, 0.2) is 5.16 Å². The van der Waals surface area contributed by atoms with Gasteiger partial charge in [-0.05, 0) is 55.0 Å². The molecular weight excluding hydrogens is 475 g/mol. The minimum atomic E-state index is -0.551. The lowest BCUT2D eigenvalue weighted by atomic mass is 10.1. The molecule has 1 aromatic heterocycles. The molecule has 0 aliphatic rings. The monoisotopic (exact) mass is 496 g/mol. The van der Waals surface area contributed by atoms with Gasteiger partial charge in [0.2, 0.25) is 5.91 Å². The summed E-state index contributed by atoms with van der Waals surface area (Å²) in [5, 5.41) is 12.2. The van der Waals surface area contributed by atoms with E-state index in [1.165, 1.54) is 30.0 Å². The van der Waals surface area contributed by atoms with E-state index in [2.05, 4.69) is 15.5 Å². The van der Waals surface area contributed by atoms with Gasteiger partial charge in [-0.2, -0.15) is 0 Å². The van der Waals surface area contributed by atoms with Gasteiger partial charge in [-0.1, -0.05) is 53.7 Å². The molecule has 0 bridgehead atoms. The quantitative estimate of drug-likeness (QED) is 0.297. The molecule has 0 unspecified atom stereocenters. The van der Waals surface area contributed by atoms with Gasteiger partial charge >= 0.3 is 0 Å². The Balaban J connectivity index is 1.56.